The number of benzene rings is 2. The molecule has 1 aromatic heterocycles. The number of nitrogen functional groups attached to an aromatic ring is 1. The van der Waals surface area contributed by atoms with Gasteiger partial charge in [0.05, 0.1) is 12.8 Å². The molecule has 178 valence electrons. The van der Waals surface area contributed by atoms with E-state index in [0.717, 1.165) is 22.9 Å². The predicted octanol–water partition coefficient (Wildman–Crippen LogP) is 3.20. The Morgan fingerprint density at radius 3 is 2.56 bits per heavy atom. The van der Waals surface area contributed by atoms with Gasteiger partial charge in [0, 0.05) is 29.9 Å². The summed E-state index contributed by atoms with van der Waals surface area (Å²) in [6.07, 6.45) is 2.13. The van der Waals surface area contributed by atoms with Crippen LogP contribution in [0, 0.1) is 0 Å². The van der Waals surface area contributed by atoms with Crippen molar-refractivity contribution < 1.29 is 17.9 Å². The molecule has 9 nitrogen and oxygen atoms in total. The van der Waals surface area contributed by atoms with Crippen molar-refractivity contribution in [3.8, 4) is 17.0 Å². The molecule has 3 aromatic rings. The number of nitrogens with zero attached hydrogens (tertiary/aromatic N) is 4. The van der Waals surface area contributed by atoms with Gasteiger partial charge in [-0.25, -0.2) is 22.7 Å². The Morgan fingerprint density at radius 1 is 1.21 bits per heavy atom. The number of hydrogen-bond acceptors (Lipinski definition) is 7. The second-order valence-electron chi connectivity index (χ2n) is 8.16. The number of hydrogen-bond donors (Lipinski definition) is 1. The van der Waals surface area contributed by atoms with Crippen molar-refractivity contribution in [2.75, 3.05) is 30.5 Å². The molecular weight excluding hydrogens is 478 g/mol. The molecule has 2 heterocycles. The van der Waals surface area contributed by atoms with Crippen LogP contribution in [0.25, 0.3) is 11.1 Å². The standard InChI is InChI=1S/C23H24ClN5O4S/c1-14-11-29(23(30)20-21(25)26-13-27-22(20)33-14)17-7-5-16(6-8-17)18-9-4-15(10-19(18)24)12-28(2)34(3,31)32/h4-10,13-14H,11-12H2,1-3H3,(H2,25,26,27). The maximum absolute atomic E-state index is 13.2. The van der Waals surface area contributed by atoms with E-state index in [1.807, 2.05) is 43.3 Å². The van der Waals surface area contributed by atoms with E-state index in [0.29, 0.717) is 17.3 Å². The molecule has 2 N–H and O–H groups in total. The number of carbonyl (C=O) groups excluding carboxylic acids is 1. The van der Waals surface area contributed by atoms with Crippen LogP contribution >= 0.6 is 11.6 Å². The molecule has 0 saturated heterocycles. The quantitative estimate of drug-likeness (QED) is 0.570. The van der Waals surface area contributed by atoms with Gasteiger partial charge in [-0.1, -0.05) is 35.9 Å². The normalized spacial score (nSPS) is 16.2. The second-order valence-corrected chi connectivity index (χ2v) is 10.7. The van der Waals surface area contributed by atoms with Crippen LogP contribution in [0.2, 0.25) is 5.02 Å². The first kappa shape index (κ1) is 23.9. The first-order chi connectivity index (χ1) is 16.0. The maximum atomic E-state index is 13.2. The molecule has 1 amide bonds. The molecule has 1 unspecified atom stereocenters. The first-order valence-electron chi connectivity index (χ1n) is 10.4. The molecule has 0 saturated carbocycles. The summed E-state index contributed by atoms with van der Waals surface area (Å²) < 4.78 is 30.4. The summed E-state index contributed by atoms with van der Waals surface area (Å²) >= 11 is 6.51. The van der Waals surface area contributed by atoms with E-state index in [4.69, 9.17) is 22.1 Å². The van der Waals surface area contributed by atoms with Gasteiger partial charge in [-0.3, -0.25) is 4.79 Å². The molecule has 0 spiro atoms. The fraction of sp³-hybridized carbons (Fsp3) is 0.261. The van der Waals surface area contributed by atoms with Gasteiger partial charge in [0.2, 0.25) is 15.9 Å². The van der Waals surface area contributed by atoms with E-state index in [2.05, 4.69) is 9.97 Å². The summed E-state index contributed by atoms with van der Waals surface area (Å²) in [6.45, 7) is 2.39. The highest BCUT2D eigenvalue weighted by molar-refractivity contribution is 7.88. The summed E-state index contributed by atoms with van der Waals surface area (Å²) in [6, 6.07) is 12.8. The van der Waals surface area contributed by atoms with Crippen LogP contribution < -0.4 is 15.4 Å². The molecule has 4 rings (SSSR count). The molecule has 2 aromatic carbocycles. The SMILES string of the molecule is CC1CN(c2ccc(-c3ccc(CN(C)S(C)(=O)=O)cc3Cl)cc2)C(=O)c2c(N)ncnc2O1. The Bertz CT molecular complexity index is 1350. The lowest BCUT2D eigenvalue weighted by atomic mass is 10.0. The average Bonchev–Trinajstić information content (AvgIpc) is 2.89. The van der Waals surface area contributed by atoms with Crippen LogP contribution in [0.3, 0.4) is 0 Å². The van der Waals surface area contributed by atoms with Crippen LogP contribution in [0.5, 0.6) is 5.88 Å². The van der Waals surface area contributed by atoms with Crippen LogP contribution in [-0.2, 0) is 16.6 Å². The van der Waals surface area contributed by atoms with Gasteiger partial charge < -0.3 is 15.4 Å². The van der Waals surface area contributed by atoms with E-state index in [1.54, 1.807) is 11.0 Å². The van der Waals surface area contributed by atoms with Gasteiger partial charge in [-0.15, -0.1) is 0 Å². The number of anilines is 2. The van der Waals surface area contributed by atoms with Crippen LogP contribution in [0.1, 0.15) is 22.8 Å². The summed E-state index contributed by atoms with van der Waals surface area (Å²) in [5.74, 6) is -0.0841. The van der Waals surface area contributed by atoms with Crippen molar-refractivity contribution in [1.82, 2.24) is 14.3 Å². The number of fused-ring (bicyclic) bond motifs is 1. The molecule has 0 radical (unpaired) electrons. The average molecular weight is 502 g/mol. The summed E-state index contributed by atoms with van der Waals surface area (Å²) in [5, 5.41) is 0.499. The van der Waals surface area contributed by atoms with Crippen LogP contribution in [0.15, 0.2) is 48.8 Å². The van der Waals surface area contributed by atoms with Gasteiger partial charge >= 0.3 is 0 Å². The number of rotatable bonds is 5. The van der Waals surface area contributed by atoms with Crippen molar-refractivity contribution in [3.05, 3.63) is 64.9 Å². The highest BCUT2D eigenvalue weighted by Crippen LogP contribution is 2.33. The minimum atomic E-state index is -3.29. The zero-order chi connectivity index (χ0) is 24.6. The van der Waals surface area contributed by atoms with E-state index in [-0.39, 0.29) is 35.8 Å². The van der Waals surface area contributed by atoms with Crippen molar-refractivity contribution >= 4 is 39.0 Å². The van der Waals surface area contributed by atoms with Gasteiger partial charge in [0.1, 0.15) is 23.8 Å². The molecule has 1 aliphatic heterocycles. The lowest BCUT2D eigenvalue weighted by molar-refractivity contribution is 0.0988. The number of sulfonamides is 1. The molecule has 0 fully saturated rings. The number of nitrogens with two attached hydrogens (primary N) is 1. The van der Waals surface area contributed by atoms with Crippen LogP contribution in [0.4, 0.5) is 11.5 Å². The molecule has 11 heteroatoms. The predicted molar refractivity (Wildman–Crippen MR) is 131 cm³/mol. The van der Waals surface area contributed by atoms with Crippen molar-refractivity contribution in [2.24, 2.45) is 0 Å². The fourth-order valence-electron chi connectivity index (χ4n) is 3.68. The van der Waals surface area contributed by atoms with Crippen LogP contribution in [-0.4, -0.2) is 54.6 Å². The number of halogens is 1. The van der Waals surface area contributed by atoms with E-state index in [9.17, 15) is 13.2 Å². The lowest BCUT2D eigenvalue weighted by Crippen LogP contribution is -2.36. The van der Waals surface area contributed by atoms with Gasteiger partial charge in [-0.2, -0.15) is 0 Å². The molecule has 1 aliphatic rings. The third-order valence-electron chi connectivity index (χ3n) is 5.55. The smallest absolute Gasteiger partial charge is 0.267 e. The van der Waals surface area contributed by atoms with Gasteiger partial charge in [0.25, 0.3) is 5.91 Å². The molecule has 0 aliphatic carbocycles. The fourth-order valence-corrected chi connectivity index (χ4v) is 4.38. The minimum absolute atomic E-state index is 0.0686. The number of ether oxygens (including phenoxy) is 1. The van der Waals surface area contributed by atoms with E-state index >= 15 is 0 Å². The monoisotopic (exact) mass is 501 g/mol. The first-order valence-corrected chi connectivity index (χ1v) is 12.7. The highest BCUT2D eigenvalue weighted by atomic mass is 35.5. The molecule has 0 bridgehead atoms. The van der Waals surface area contributed by atoms with Crippen molar-refractivity contribution in [3.63, 3.8) is 0 Å². The van der Waals surface area contributed by atoms with Crippen molar-refractivity contribution in [1.29, 1.82) is 0 Å². The van der Waals surface area contributed by atoms with Gasteiger partial charge in [-0.05, 0) is 36.2 Å². The summed E-state index contributed by atoms with van der Waals surface area (Å²) in [5.41, 5.74) is 9.18. The Morgan fingerprint density at radius 2 is 1.91 bits per heavy atom. The Balaban J connectivity index is 1.60. The lowest BCUT2D eigenvalue weighted by Gasteiger charge is -2.22. The number of carbonyl (C=O) groups is 1. The molecule has 34 heavy (non-hydrogen) atoms. The molecule has 1 atom stereocenters. The van der Waals surface area contributed by atoms with E-state index < -0.39 is 10.0 Å². The van der Waals surface area contributed by atoms with E-state index in [1.165, 1.54) is 17.7 Å². The topological polar surface area (TPSA) is 119 Å². The number of amides is 1. The second kappa shape index (κ2) is 9.21. The highest BCUT2D eigenvalue weighted by Gasteiger charge is 2.31. The zero-order valence-electron chi connectivity index (χ0n) is 18.9. The Hall–Kier alpha value is -3.21. The maximum Gasteiger partial charge on any atom is 0.267 e. The molecular formula is C23H24ClN5O4S. The van der Waals surface area contributed by atoms with Gasteiger partial charge in [0.15, 0.2) is 0 Å². The Labute approximate surface area is 203 Å². The zero-order valence-corrected chi connectivity index (χ0v) is 20.5. The third kappa shape index (κ3) is 4.84. The van der Waals surface area contributed by atoms with Crippen molar-refractivity contribution in [2.45, 2.75) is 19.6 Å². The Kier molecular flexibility index (Phi) is 6.48. The minimum Gasteiger partial charge on any atom is -0.472 e. The third-order valence-corrected chi connectivity index (χ3v) is 7.12. The number of aromatic nitrogens is 2. The largest absolute Gasteiger partial charge is 0.472 e. The summed E-state index contributed by atoms with van der Waals surface area (Å²) in [7, 11) is -1.77. The summed E-state index contributed by atoms with van der Waals surface area (Å²) in [4.78, 5) is 22.8.